The molecule has 0 amide bonds. The average molecular weight is 711 g/mol. The van der Waals surface area contributed by atoms with Gasteiger partial charge in [0.1, 0.15) is 12.7 Å². The van der Waals surface area contributed by atoms with Crippen molar-refractivity contribution in [3.05, 3.63) is 0 Å². The van der Waals surface area contributed by atoms with Gasteiger partial charge in [-0.3, -0.25) is 18.6 Å². The highest BCUT2D eigenvalue weighted by Crippen LogP contribution is 2.43. The van der Waals surface area contributed by atoms with Crippen molar-refractivity contribution in [3.8, 4) is 0 Å². The Morgan fingerprint density at radius 3 is 1.31 bits per heavy atom. The summed E-state index contributed by atoms with van der Waals surface area (Å²) < 4.78 is 32.3. The van der Waals surface area contributed by atoms with E-state index in [1.54, 1.807) is 0 Å². The Morgan fingerprint density at radius 2 is 0.896 bits per heavy atom. The lowest BCUT2D eigenvalue weighted by molar-refractivity contribution is -0.161. The summed E-state index contributed by atoms with van der Waals surface area (Å²) in [5, 5.41) is 18.2. The molecule has 0 aliphatic carbocycles. The minimum Gasteiger partial charge on any atom is -0.462 e. The van der Waals surface area contributed by atoms with Gasteiger partial charge in [0.25, 0.3) is 0 Å². The molecule has 0 radical (unpaired) electrons. The van der Waals surface area contributed by atoms with E-state index in [0.29, 0.717) is 12.8 Å². The third-order valence-corrected chi connectivity index (χ3v) is 8.92. The lowest BCUT2D eigenvalue weighted by atomic mass is 10.0. The monoisotopic (exact) mass is 711 g/mol. The molecular weight excluding hydrogens is 635 g/mol. The molecule has 3 N–H and O–H groups in total. The zero-order chi connectivity index (χ0) is 36.1. The standard InChI is InChI=1S/C31H61O10P.C6H14/c1-3-5-7-9-11-12-13-14-15-16-17-19-21-23-31(35)41-29(27-40-42(36,37)39-25-28(33)24-32)26-38-30(34)22-20-18-10-8-6-4-2;1-3-5-6-4-2/h28-29,32-33H,3-27H2,1-2H3,(H,36,37);3-6H2,1-2H3/t28-,29+;/m0./s1. The molecule has 0 heterocycles. The smallest absolute Gasteiger partial charge is 0.462 e. The number of carbonyl (C=O) groups is 2. The quantitative estimate of drug-likeness (QED) is 0.0335. The van der Waals surface area contributed by atoms with E-state index in [4.69, 9.17) is 19.1 Å². The molecule has 3 atom stereocenters. The molecule has 0 aliphatic heterocycles. The number of aliphatic hydroxyl groups excluding tert-OH is 2. The minimum absolute atomic E-state index is 0.190. The highest BCUT2D eigenvalue weighted by molar-refractivity contribution is 7.47. The van der Waals surface area contributed by atoms with E-state index in [1.165, 1.54) is 89.9 Å². The maximum absolute atomic E-state index is 12.4. The largest absolute Gasteiger partial charge is 0.472 e. The van der Waals surface area contributed by atoms with Crippen molar-refractivity contribution < 1.29 is 47.8 Å². The molecule has 0 spiro atoms. The topological polar surface area (TPSA) is 149 Å². The Labute approximate surface area is 294 Å². The van der Waals surface area contributed by atoms with Gasteiger partial charge in [0, 0.05) is 12.8 Å². The molecule has 0 aromatic heterocycles. The predicted octanol–water partition coefficient (Wildman–Crippen LogP) is 9.75. The second-order valence-corrected chi connectivity index (χ2v) is 14.4. The molecule has 288 valence electrons. The third kappa shape index (κ3) is 37.8. The molecule has 0 aromatic carbocycles. The maximum Gasteiger partial charge on any atom is 0.472 e. The molecule has 1 unspecified atom stereocenters. The summed E-state index contributed by atoms with van der Waals surface area (Å²) in [5.41, 5.74) is 0. The van der Waals surface area contributed by atoms with Gasteiger partial charge in [-0.05, 0) is 12.8 Å². The Balaban J connectivity index is 0. The van der Waals surface area contributed by atoms with Crippen LogP contribution in [0.15, 0.2) is 0 Å². The summed E-state index contributed by atoms with van der Waals surface area (Å²) in [6.45, 7) is 6.75. The lowest BCUT2D eigenvalue weighted by Crippen LogP contribution is -2.29. The normalized spacial score (nSPS) is 13.6. The van der Waals surface area contributed by atoms with Crippen LogP contribution in [0.1, 0.15) is 188 Å². The number of esters is 2. The van der Waals surface area contributed by atoms with Crippen LogP contribution in [0.3, 0.4) is 0 Å². The molecular formula is C37H75O10P. The fourth-order valence-electron chi connectivity index (χ4n) is 4.90. The molecule has 0 aliphatic rings. The Bertz CT molecular complexity index is 748. The highest BCUT2D eigenvalue weighted by atomic mass is 31.2. The van der Waals surface area contributed by atoms with Crippen LogP contribution in [0.2, 0.25) is 0 Å². The van der Waals surface area contributed by atoms with Crippen molar-refractivity contribution in [2.24, 2.45) is 0 Å². The van der Waals surface area contributed by atoms with Crippen molar-refractivity contribution in [2.75, 3.05) is 26.4 Å². The first-order valence-electron chi connectivity index (χ1n) is 19.4. The van der Waals surface area contributed by atoms with E-state index in [1.807, 2.05) is 0 Å². The first kappa shape index (κ1) is 49.1. The summed E-state index contributed by atoms with van der Waals surface area (Å²) in [6.07, 6.45) is 25.2. The van der Waals surface area contributed by atoms with Gasteiger partial charge in [0.2, 0.25) is 0 Å². The molecule has 0 saturated heterocycles. The minimum atomic E-state index is -4.59. The van der Waals surface area contributed by atoms with Gasteiger partial charge >= 0.3 is 19.8 Å². The van der Waals surface area contributed by atoms with Crippen molar-refractivity contribution in [1.29, 1.82) is 0 Å². The molecule has 0 saturated carbocycles. The number of aliphatic hydroxyl groups is 2. The third-order valence-electron chi connectivity index (χ3n) is 7.97. The van der Waals surface area contributed by atoms with Crippen LogP contribution in [-0.2, 0) is 32.7 Å². The van der Waals surface area contributed by atoms with Crippen LogP contribution in [-0.4, -0.2) is 65.7 Å². The second-order valence-electron chi connectivity index (χ2n) is 12.9. The predicted molar refractivity (Wildman–Crippen MR) is 194 cm³/mol. The van der Waals surface area contributed by atoms with Crippen LogP contribution in [0, 0.1) is 0 Å². The summed E-state index contributed by atoms with van der Waals surface area (Å²) in [5.74, 6) is -0.930. The van der Waals surface area contributed by atoms with Crippen molar-refractivity contribution in [2.45, 2.75) is 200 Å². The summed E-state index contributed by atoms with van der Waals surface area (Å²) >= 11 is 0. The second kappa shape index (κ2) is 37.2. The first-order valence-corrected chi connectivity index (χ1v) is 20.9. The Kier molecular flexibility index (Phi) is 38.1. The number of carbonyl (C=O) groups excluding carboxylic acids is 2. The van der Waals surface area contributed by atoms with Crippen LogP contribution in [0.25, 0.3) is 0 Å². The molecule has 0 bridgehead atoms. The lowest BCUT2D eigenvalue weighted by Gasteiger charge is -2.20. The highest BCUT2D eigenvalue weighted by Gasteiger charge is 2.27. The van der Waals surface area contributed by atoms with Gasteiger partial charge in [-0.25, -0.2) is 4.57 Å². The molecule has 11 heteroatoms. The van der Waals surface area contributed by atoms with E-state index in [2.05, 4.69) is 32.2 Å². The number of hydrogen-bond donors (Lipinski definition) is 3. The number of phosphoric ester groups is 1. The molecule has 0 rings (SSSR count). The Hall–Kier alpha value is -1.03. The first-order chi connectivity index (χ1) is 23.1. The van der Waals surface area contributed by atoms with Crippen LogP contribution < -0.4 is 0 Å². The summed E-state index contributed by atoms with van der Waals surface area (Å²) in [4.78, 5) is 34.4. The van der Waals surface area contributed by atoms with Crippen LogP contribution in [0.4, 0.5) is 0 Å². The van der Waals surface area contributed by atoms with Gasteiger partial charge in [-0.1, -0.05) is 163 Å². The fourth-order valence-corrected chi connectivity index (χ4v) is 5.69. The number of phosphoric acid groups is 1. The van der Waals surface area contributed by atoms with E-state index in [0.717, 1.165) is 44.9 Å². The summed E-state index contributed by atoms with van der Waals surface area (Å²) in [6, 6.07) is 0. The summed E-state index contributed by atoms with van der Waals surface area (Å²) in [7, 11) is -4.59. The van der Waals surface area contributed by atoms with Crippen LogP contribution >= 0.6 is 7.82 Å². The number of hydrogen-bond acceptors (Lipinski definition) is 9. The van der Waals surface area contributed by atoms with Gasteiger partial charge in [0.15, 0.2) is 6.10 Å². The van der Waals surface area contributed by atoms with Gasteiger partial charge in [-0.15, -0.1) is 0 Å². The van der Waals surface area contributed by atoms with Gasteiger partial charge in [0.05, 0.1) is 19.8 Å². The zero-order valence-electron chi connectivity index (χ0n) is 31.3. The van der Waals surface area contributed by atoms with E-state index in [9.17, 15) is 24.2 Å². The molecule has 48 heavy (non-hydrogen) atoms. The van der Waals surface area contributed by atoms with Crippen molar-refractivity contribution in [1.82, 2.24) is 0 Å². The average Bonchev–Trinajstić information content (AvgIpc) is 3.07. The van der Waals surface area contributed by atoms with Crippen LogP contribution in [0.5, 0.6) is 0 Å². The fraction of sp³-hybridized carbons (Fsp3) is 0.946. The van der Waals surface area contributed by atoms with Crippen molar-refractivity contribution in [3.63, 3.8) is 0 Å². The van der Waals surface area contributed by atoms with Crippen molar-refractivity contribution >= 4 is 19.8 Å². The number of rotatable bonds is 34. The molecule has 0 fully saturated rings. The van der Waals surface area contributed by atoms with E-state index >= 15 is 0 Å². The maximum atomic E-state index is 12.4. The van der Waals surface area contributed by atoms with Gasteiger partial charge in [-0.2, -0.15) is 0 Å². The van der Waals surface area contributed by atoms with E-state index < -0.39 is 51.8 Å². The zero-order valence-corrected chi connectivity index (χ0v) is 32.2. The molecule has 0 aromatic rings. The SMILES string of the molecule is CCCCCC.CCCCCCCCCCCCCCCC(=O)O[C@H](COC(=O)CCCCCCCC)COP(=O)(O)OC[C@@H](O)CO. The number of ether oxygens (including phenoxy) is 2. The van der Waals surface area contributed by atoms with E-state index in [-0.39, 0.29) is 19.4 Å². The molecule has 10 nitrogen and oxygen atoms in total. The Morgan fingerprint density at radius 1 is 0.542 bits per heavy atom. The number of unbranched alkanes of at least 4 members (excludes halogenated alkanes) is 20. The van der Waals surface area contributed by atoms with Gasteiger partial charge < -0.3 is 24.6 Å².